The molecule has 0 unspecified atom stereocenters. The van der Waals surface area contributed by atoms with E-state index in [9.17, 15) is 0 Å². The van der Waals surface area contributed by atoms with Crippen molar-refractivity contribution in [3.8, 4) is 0 Å². The monoisotopic (exact) mass is 343 g/mol. The van der Waals surface area contributed by atoms with E-state index in [2.05, 4.69) is 42.8 Å². The topological polar surface area (TPSA) is 74.4 Å². The van der Waals surface area contributed by atoms with E-state index in [1.165, 1.54) is 12.8 Å². The van der Waals surface area contributed by atoms with E-state index in [0.717, 1.165) is 69.1 Å². The third-order valence-corrected chi connectivity index (χ3v) is 4.85. The number of anilines is 2. The second-order valence-corrected chi connectivity index (χ2v) is 6.85. The number of hydrogen-bond donors (Lipinski definition) is 0. The van der Waals surface area contributed by atoms with Crippen LogP contribution in [0.2, 0.25) is 0 Å². The molecule has 2 aromatic heterocycles. The minimum absolute atomic E-state index is 0.625. The third kappa shape index (κ3) is 3.73. The van der Waals surface area contributed by atoms with Gasteiger partial charge in [-0.05, 0) is 19.8 Å². The van der Waals surface area contributed by atoms with Crippen LogP contribution in [0.4, 0.5) is 11.8 Å². The number of hydrogen-bond acceptors (Lipinski definition) is 8. The molecule has 2 fully saturated rings. The van der Waals surface area contributed by atoms with E-state index in [4.69, 9.17) is 9.51 Å². The molecule has 134 valence electrons. The first kappa shape index (κ1) is 16.3. The molecule has 0 spiro atoms. The van der Waals surface area contributed by atoms with Crippen LogP contribution in [0, 0.1) is 13.8 Å². The lowest BCUT2D eigenvalue weighted by atomic mass is 10.3. The van der Waals surface area contributed by atoms with Crippen molar-refractivity contribution in [2.24, 2.45) is 0 Å². The molecule has 0 atom stereocenters. The lowest BCUT2D eigenvalue weighted by Gasteiger charge is -2.35. The van der Waals surface area contributed by atoms with Crippen LogP contribution in [-0.4, -0.2) is 64.3 Å². The zero-order chi connectivity index (χ0) is 17.2. The average Bonchev–Trinajstić information content (AvgIpc) is 3.27. The van der Waals surface area contributed by atoms with E-state index in [-0.39, 0.29) is 0 Å². The maximum absolute atomic E-state index is 5.05. The molecule has 0 amide bonds. The van der Waals surface area contributed by atoms with Gasteiger partial charge in [0.25, 0.3) is 0 Å². The molecule has 4 rings (SSSR count). The summed E-state index contributed by atoms with van der Waals surface area (Å²) in [5.41, 5.74) is 1.04. The molecule has 8 heteroatoms. The van der Waals surface area contributed by atoms with E-state index < -0.39 is 0 Å². The fourth-order valence-corrected chi connectivity index (χ4v) is 3.50. The number of aryl methyl sites for hydroxylation is 2. The Morgan fingerprint density at radius 1 is 0.920 bits per heavy atom. The summed E-state index contributed by atoms with van der Waals surface area (Å²) in [7, 11) is 0. The van der Waals surface area contributed by atoms with Crippen molar-refractivity contribution in [3.05, 3.63) is 23.5 Å². The van der Waals surface area contributed by atoms with E-state index in [1.54, 1.807) is 0 Å². The second-order valence-electron chi connectivity index (χ2n) is 6.85. The van der Waals surface area contributed by atoms with E-state index in [0.29, 0.717) is 5.89 Å². The minimum atomic E-state index is 0.625. The van der Waals surface area contributed by atoms with Gasteiger partial charge in [0.1, 0.15) is 5.82 Å². The Kier molecular flexibility index (Phi) is 4.52. The third-order valence-electron chi connectivity index (χ3n) is 4.85. The van der Waals surface area contributed by atoms with Gasteiger partial charge in [-0.3, -0.25) is 4.90 Å². The highest BCUT2D eigenvalue weighted by molar-refractivity contribution is 5.46. The van der Waals surface area contributed by atoms with Crippen molar-refractivity contribution >= 4 is 11.8 Å². The van der Waals surface area contributed by atoms with Crippen LogP contribution in [-0.2, 0) is 6.54 Å². The largest absolute Gasteiger partial charge is 0.354 e. The van der Waals surface area contributed by atoms with Gasteiger partial charge >= 0.3 is 0 Å². The number of piperazine rings is 1. The van der Waals surface area contributed by atoms with Crippen LogP contribution in [0.25, 0.3) is 0 Å². The summed E-state index contributed by atoms with van der Waals surface area (Å²) in [5, 5.41) is 3.99. The molecule has 4 heterocycles. The van der Waals surface area contributed by atoms with Gasteiger partial charge in [0, 0.05) is 58.0 Å². The normalized spacial score (nSPS) is 19.0. The Hall–Kier alpha value is -2.22. The van der Waals surface area contributed by atoms with Crippen molar-refractivity contribution in [1.29, 1.82) is 0 Å². The predicted molar refractivity (Wildman–Crippen MR) is 94.7 cm³/mol. The van der Waals surface area contributed by atoms with Crippen molar-refractivity contribution in [3.63, 3.8) is 0 Å². The summed E-state index contributed by atoms with van der Waals surface area (Å²) in [6.45, 7) is 10.6. The highest BCUT2D eigenvalue weighted by Crippen LogP contribution is 2.22. The van der Waals surface area contributed by atoms with Crippen LogP contribution in [0.3, 0.4) is 0 Å². The Balaban J connectivity index is 1.40. The van der Waals surface area contributed by atoms with Gasteiger partial charge in [-0.25, -0.2) is 4.98 Å². The van der Waals surface area contributed by atoms with Crippen molar-refractivity contribution in [2.75, 3.05) is 49.1 Å². The summed E-state index contributed by atoms with van der Waals surface area (Å²) < 4.78 is 5.05. The number of rotatable bonds is 4. The van der Waals surface area contributed by atoms with Crippen LogP contribution >= 0.6 is 0 Å². The van der Waals surface area contributed by atoms with Gasteiger partial charge in [0.2, 0.25) is 11.8 Å². The zero-order valence-electron chi connectivity index (χ0n) is 15.0. The smallest absolute Gasteiger partial charge is 0.227 e. The molecule has 0 bridgehead atoms. The summed E-state index contributed by atoms with van der Waals surface area (Å²) in [5.74, 6) is 3.32. The summed E-state index contributed by atoms with van der Waals surface area (Å²) in [4.78, 5) is 20.8. The maximum atomic E-state index is 5.05. The standard InChI is InChI=1S/C17H25N7O/c1-13-11-16(20-17(18-13)24-5-3-4-6-24)23-9-7-22(8-10-23)12-15-19-14(2)25-21-15/h11H,3-10,12H2,1-2H3. The van der Waals surface area contributed by atoms with Crippen LogP contribution in [0.1, 0.15) is 30.3 Å². The Bertz CT molecular complexity index is 718. The van der Waals surface area contributed by atoms with Crippen molar-refractivity contribution in [1.82, 2.24) is 25.0 Å². The van der Waals surface area contributed by atoms with Crippen LogP contribution in [0.15, 0.2) is 10.6 Å². The van der Waals surface area contributed by atoms with Gasteiger partial charge in [-0.2, -0.15) is 9.97 Å². The Morgan fingerprint density at radius 2 is 1.68 bits per heavy atom. The first-order chi connectivity index (χ1) is 12.2. The second kappa shape index (κ2) is 6.95. The molecule has 0 aromatic carbocycles. The van der Waals surface area contributed by atoms with Crippen molar-refractivity contribution in [2.45, 2.75) is 33.2 Å². The van der Waals surface area contributed by atoms with Gasteiger partial charge in [0.15, 0.2) is 5.82 Å². The Morgan fingerprint density at radius 3 is 2.36 bits per heavy atom. The van der Waals surface area contributed by atoms with Crippen LogP contribution in [0.5, 0.6) is 0 Å². The van der Waals surface area contributed by atoms with Gasteiger partial charge < -0.3 is 14.3 Å². The predicted octanol–water partition coefficient (Wildman–Crippen LogP) is 1.40. The fourth-order valence-electron chi connectivity index (χ4n) is 3.50. The highest BCUT2D eigenvalue weighted by Gasteiger charge is 2.22. The molecular formula is C17H25N7O. The SMILES string of the molecule is Cc1cc(N2CCN(Cc3noc(C)n3)CC2)nc(N2CCCC2)n1. The summed E-state index contributed by atoms with van der Waals surface area (Å²) in [6.07, 6.45) is 2.47. The molecule has 25 heavy (non-hydrogen) atoms. The molecule has 0 aliphatic carbocycles. The lowest BCUT2D eigenvalue weighted by molar-refractivity contribution is 0.239. The Labute approximate surface area is 147 Å². The van der Waals surface area contributed by atoms with E-state index in [1.807, 2.05) is 6.92 Å². The number of aromatic nitrogens is 4. The van der Waals surface area contributed by atoms with Gasteiger partial charge in [-0.15, -0.1) is 0 Å². The summed E-state index contributed by atoms with van der Waals surface area (Å²) >= 11 is 0. The van der Waals surface area contributed by atoms with Gasteiger partial charge in [0.05, 0.1) is 6.54 Å². The molecule has 2 saturated heterocycles. The fraction of sp³-hybridized carbons (Fsp3) is 0.647. The first-order valence-corrected chi connectivity index (χ1v) is 9.04. The molecule has 2 aliphatic rings. The first-order valence-electron chi connectivity index (χ1n) is 9.04. The van der Waals surface area contributed by atoms with E-state index >= 15 is 0 Å². The van der Waals surface area contributed by atoms with Crippen molar-refractivity contribution < 1.29 is 4.52 Å². The maximum Gasteiger partial charge on any atom is 0.227 e. The molecule has 2 aliphatic heterocycles. The minimum Gasteiger partial charge on any atom is -0.354 e. The average molecular weight is 343 g/mol. The molecule has 0 radical (unpaired) electrons. The molecule has 2 aromatic rings. The zero-order valence-corrected chi connectivity index (χ0v) is 15.0. The molecule has 0 N–H and O–H groups in total. The van der Waals surface area contributed by atoms with Crippen LogP contribution < -0.4 is 9.80 Å². The molecular weight excluding hydrogens is 318 g/mol. The number of nitrogens with zero attached hydrogens (tertiary/aromatic N) is 7. The quantitative estimate of drug-likeness (QED) is 0.825. The molecule has 0 saturated carbocycles. The molecule has 8 nitrogen and oxygen atoms in total. The summed E-state index contributed by atoms with van der Waals surface area (Å²) in [6, 6.07) is 2.10. The lowest BCUT2D eigenvalue weighted by Crippen LogP contribution is -2.46. The van der Waals surface area contributed by atoms with Gasteiger partial charge in [-0.1, -0.05) is 5.16 Å². The highest BCUT2D eigenvalue weighted by atomic mass is 16.5.